The zero-order valence-electron chi connectivity index (χ0n) is 9.66. The molecule has 0 aliphatic heterocycles. The number of benzene rings is 1. The van der Waals surface area contributed by atoms with Crippen LogP contribution in [-0.2, 0) is 10.8 Å². The molecule has 6 heteroatoms. The molecule has 94 valence electrons. The van der Waals surface area contributed by atoms with Crippen LogP contribution in [0.1, 0.15) is 10.4 Å². The molecule has 0 bridgehead atoms. The second-order valence-electron chi connectivity index (χ2n) is 3.38. The summed E-state index contributed by atoms with van der Waals surface area (Å²) in [6.45, 7) is 0.408. The Morgan fingerprint density at radius 3 is 2.76 bits per heavy atom. The smallest absolute Gasteiger partial charge is 0.251 e. The molecule has 1 rings (SSSR count). The van der Waals surface area contributed by atoms with E-state index in [1.165, 1.54) is 0 Å². The maximum Gasteiger partial charge on any atom is 0.251 e. The number of ether oxygens (including phenoxy) is 1. The zero-order chi connectivity index (χ0) is 12.8. The number of carbonyl (C=O) groups is 1. The molecule has 1 N–H and O–H groups in total. The standard InChI is InChI=1S/C11H14BrNO3S/c1-16-10-4-3-8(7-9(10)12)11(14)13-5-6-17(2)15/h3-4,7H,5-6H2,1-2H3,(H,13,14). The van der Waals surface area contributed by atoms with Crippen molar-refractivity contribution in [3.8, 4) is 5.75 Å². The normalized spacial score (nSPS) is 11.9. The highest BCUT2D eigenvalue weighted by atomic mass is 79.9. The van der Waals surface area contributed by atoms with E-state index in [-0.39, 0.29) is 5.91 Å². The van der Waals surface area contributed by atoms with E-state index in [2.05, 4.69) is 21.2 Å². The fraction of sp³-hybridized carbons (Fsp3) is 0.364. The Balaban J connectivity index is 2.63. The van der Waals surface area contributed by atoms with Crippen molar-refractivity contribution in [3.05, 3.63) is 28.2 Å². The van der Waals surface area contributed by atoms with E-state index >= 15 is 0 Å². The Morgan fingerprint density at radius 2 is 2.24 bits per heavy atom. The van der Waals surface area contributed by atoms with Gasteiger partial charge >= 0.3 is 0 Å². The molecule has 1 aromatic rings. The van der Waals surface area contributed by atoms with Crippen LogP contribution in [0.4, 0.5) is 0 Å². The molecule has 17 heavy (non-hydrogen) atoms. The molecule has 0 saturated carbocycles. The lowest BCUT2D eigenvalue weighted by molar-refractivity contribution is 0.0956. The van der Waals surface area contributed by atoms with Crippen LogP contribution in [-0.4, -0.2) is 35.8 Å². The van der Waals surface area contributed by atoms with Gasteiger partial charge in [-0.05, 0) is 34.1 Å². The Bertz CT molecular complexity index is 437. The van der Waals surface area contributed by atoms with Crippen molar-refractivity contribution in [1.82, 2.24) is 5.32 Å². The fourth-order valence-corrected chi connectivity index (χ4v) is 2.15. The number of hydrogen-bond acceptors (Lipinski definition) is 3. The Kier molecular flexibility index (Phi) is 5.64. The van der Waals surface area contributed by atoms with Crippen molar-refractivity contribution >= 4 is 32.6 Å². The third kappa shape index (κ3) is 4.47. The highest BCUT2D eigenvalue weighted by Gasteiger charge is 2.08. The molecule has 0 saturated heterocycles. The number of methoxy groups -OCH3 is 1. The highest BCUT2D eigenvalue weighted by molar-refractivity contribution is 9.10. The molecule has 0 aliphatic carbocycles. The van der Waals surface area contributed by atoms with E-state index < -0.39 is 10.8 Å². The van der Waals surface area contributed by atoms with Crippen LogP contribution in [0.2, 0.25) is 0 Å². The maximum atomic E-state index is 11.7. The molecule has 0 fully saturated rings. The van der Waals surface area contributed by atoms with E-state index in [1.54, 1.807) is 31.6 Å². The molecule has 0 heterocycles. The topological polar surface area (TPSA) is 55.4 Å². The molecular formula is C11H14BrNO3S. The molecule has 0 aliphatic rings. The SMILES string of the molecule is COc1ccc(C(=O)NCCS(C)=O)cc1Br. The number of nitrogens with one attached hydrogen (secondary N) is 1. The summed E-state index contributed by atoms with van der Waals surface area (Å²) in [5, 5.41) is 2.70. The minimum absolute atomic E-state index is 0.182. The summed E-state index contributed by atoms with van der Waals surface area (Å²) in [5.41, 5.74) is 0.541. The first kappa shape index (κ1) is 14.2. The van der Waals surface area contributed by atoms with E-state index in [1.807, 2.05) is 0 Å². The average Bonchev–Trinajstić information content (AvgIpc) is 2.28. The minimum Gasteiger partial charge on any atom is -0.496 e. The maximum absolute atomic E-state index is 11.7. The monoisotopic (exact) mass is 319 g/mol. The first-order valence-corrected chi connectivity index (χ1v) is 7.48. The number of hydrogen-bond donors (Lipinski definition) is 1. The van der Waals surface area contributed by atoms with E-state index in [0.29, 0.717) is 23.6 Å². The molecule has 4 nitrogen and oxygen atoms in total. The second kappa shape index (κ2) is 6.76. The van der Waals surface area contributed by atoms with Gasteiger partial charge in [-0.25, -0.2) is 0 Å². The van der Waals surface area contributed by atoms with Gasteiger partial charge in [0.25, 0.3) is 5.91 Å². The van der Waals surface area contributed by atoms with Crippen LogP contribution in [0.3, 0.4) is 0 Å². The van der Waals surface area contributed by atoms with Gasteiger partial charge in [0.05, 0.1) is 11.6 Å². The number of halogens is 1. The summed E-state index contributed by atoms with van der Waals surface area (Å²) in [6, 6.07) is 5.09. The molecule has 1 atom stereocenters. The summed E-state index contributed by atoms with van der Waals surface area (Å²) >= 11 is 3.31. The van der Waals surface area contributed by atoms with Crippen LogP contribution in [0.25, 0.3) is 0 Å². The molecule has 1 aromatic carbocycles. The first-order valence-electron chi connectivity index (χ1n) is 4.96. The van der Waals surface area contributed by atoms with Gasteiger partial charge in [0.1, 0.15) is 5.75 Å². The van der Waals surface area contributed by atoms with Gasteiger partial charge in [0.2, 0.25) is 0 Å². The minimum atomic E-state index is -0.892. The average molecular weight is 320 g/mol. The molecular weight excluding hydrogens is 306 g/mol. The van der Waals surface area contributed by atoms with Gasteiger partial charge in [0, 0.05) is 34.9 Å². The Labute approximate surface area is 111 Å². The zero-order valence-corrected chi connectivity index (χ0v) is 12.1. The fourth-order valence-electron chi connectivity index (χ4n) is 1.22. The van der Waals surface area contributed by atoms with Crippen LogP contribution in [0.5, 0.6) is 5.75 Å². The van der Waals surface area contributed by atoms with Gasteiger partial charge < -0.3 is 10.1 Å². The van der Waals surface area contributed by atoms with Gasteiger partial charge in [-0.15, -0.1) is 0 Å². The van der Waals surface area contributed by atoms with Crippen molar-refractivity contribution in [1.29, 1.82) is 0 Å². The van der Waals surface area contributed by atoms with Gasteiger partial charge in [-0.2, -0.15) is 0 Å². The van der Waals surface area contributed by atoms with Crippen molar-refractivity contribution in [3.63, 3.8) is 0 Å². The summed E-state index contributed by atoms with van der Waals surface area (Å²) in [6.07, 6.45) is 1.61. The highest BCUT2D eigenvalue weighted by Crippen LogP contribution is 2.25. The van der Waals surface area contributed by atoms with Crippen LogP contribution in [0, 0.1) is 0 Å². The predicted octanol–water partition coefficient (Wildman–Crippen LogP) is 1.57. The van der Waals surface area contributed by atoms with Crippen molar-refractivity contribution in [2.45, 2.75) is 0 Å². The third-order valence-electron chi connectivity index (χ3n) is 2.09. The summed E-state index contributed by atoms with van der Waals surface area (Å²) in [4.78, 5) is 11.7. The number of amides is 1. The lowest BCUT2D eigenvalue weighted by Crippen LogP contribution is -2.27. The number of rotatable bonds is 5. The second-order valence-corrected chi connectivity index (χ2v) is 5.79. The van der Waals surface area contributed by atoms with E-state index in [0.717, 1.165) is 4.47 Å². The number of carbonyl (C=O) groups excluding carboxylic acids is 1. The summed E-state index contributed by atoms with van der Waals surface area (Å²) in [5.74, 6) is 0.957. The molecule has 1 unspecified atom stereocenters. The summed E-state index contributed by atoms with van der Waals surface area (Å²) in [7, 11) is 0.674. The molecule has 0 aromatic heterocycles. The predicted molar refractivity (Wildman–Crippen MR) is 72.0 cm³/mol. The molecule has 1 amide bonds. The Hall–Kier alpha value is -0.880. The third-order valence-corrected chi connectivity index (χ3v) is 3.49. The largest absolute Gasteiger partial charge is 0.496 e. The van der Waals surface area contributed by atoms with Crippen LogP contribution < -0.4 is 10.1 Å². The van der Waals surface area contributed by atoms with Crippen molar-refractivity contribution in [2.24, 2.45) is 0 Å². The quantitative estimate of drug-likeness (QED) is 0.896. The van der Waals surface area contributed by atoms with Crippen LogP contribution >= 0.6 is 15.9 Å². The van der Waals surface area contributed by atoms with Gasteiger partial charge in [-0.1, -0.05) is 0 Å². The van der Waals surface area contributed by atoms with Crippen molar-refractivity contribution in [2.75, 3.05) is 25.7 Å². The van der Waals surface area contributed by atoms with Gasteiger partial charge in [0.15, 0.2) is 0 Å². The Morgan fingerprint density at radius 1 is 1.53 bits per heavy atom. The summed E-state index contributed by atoms with van der Waals surface area (Å²) < 4.78 is 16.6. The van der Waals surface area contributed by atoms with E-state index in [4.69, 9.17) is 4.74 Å². The van der Waals surface area contributed by atoms with Crippen molar-refractivity contribution < 1.29 is 13.7 Å². The lowest BCUT2D eigenvalue weighted by atomic mass is 10.2. The molecule has 0 radical (unpaired) electrons. The molecule has 0 spiro atoms. The van der Waals surface area contributed by atoms with Crippen LogP contribution in [0.15, 0.2) is 22.7 Å². The van der Waals surface area contributed by atoms with Gasteiger partial charge in [-0.3, -0.25) is 9.00 Å². The van der Waals surface area contributed by atoms with E-state index in [9.17, 15) is 9.00 Å². The first-order chi connectivity index (χ1) is 8.04. The lowest BCUT2D eigenvalue weighted by Gasteiger charge is -2.07.